The smallest absolute Gasteiger partial charge is 0.308 e. The van der Waals surface area contributed by atoms with Crippen LogP contribution in [0, 0.1) is 11.8 Å². The molecule has 0 saturated heterocycles. The number of carbonyl (C=O) groups excluding carboxylic acids is 3. The first kappa shape index (κ1) is 20.2. The summed E-state index contributed by atoms with van der Waals surface area (Å²) in [4.78, 5) is 37.8. The van der Waals surface area contributed by atoms with Gasteiger partial charge in [-0.15, -0.1) is 0 Å². The van der Waals surface area contributed by atoms with Crippen molar-refractivity contribution in [1.29, 1.82) is 0 Å². The number of hydrogen-bond donors (Lipinski definition) is 1. The van der Waals surface area contributed by atoms with Crippen molar-refractivity contribution < 1.29 is 23.9 Å². The number of anilines is 1. The van der Waals surface area contributed by atoms with Gasteiger partial charge in [0.05, 0.1) is 12.1 Å². The van der Waals surface area contributed by atoms with Gasteiger partial charge >= 0.3 is 5.97 Å². The summed E-state index contributed by atoms with van der Waals surface area (Å²) in [6.45, 7) is 4.21. The summed E-state index contributed by atoms with van der Waals surface area (Å²) in [7, 11) is 0. The lowest BCUT2D eigenvalue weighted by molar-refractivity contribution is -0.148. The Balaban J connectivity index is 1.43. The highest BCUT2D eigenvalue weighted by Gasteiger charge is 2.29. The lowest BCUT2D eigenvalue weighted by Gasteiger charge is -2.34. The molecule has 0 bridgehead atoms. The summed E-state index contributed by atoms with van der Waals surface area (Å²) in [5, 5.41) is 2.98. The van der Waals surface area contributed by atoms with Crippen LogP contribution in [0.5, 0.6) is 5.75 Å². The van der Waals surface area contributed by atoms with Crippen LogP contribution in [0.15, 0.2) is 24.3 Å². The predicted molar refractivity (Wildman–Crippen MR) is 104 cm³/mol. The maximum Gasteiger partial charge on any atom is 0.308 e. The molecule has 0 unspecified atom stereocenters. The summed E-state index contributed by atoms with van der Waals surface area (Å²) in [6.07, 6.45) is 3.27. The number of ether oxygens (including phenoxy) is 2. The van der Waals surface area contributed by atoms with Gasteiger partial charge in [-0.25, -0.2) is 0 Å². The van der Waals surface area contributed by atoms with Crippen molar-refractivity contribution in [3.8, 4) is 5.75 Å². The number of benzene rings is 1. The molecule has 1 N–H and O–H groups in total. The van der Waals surface area contributed by atoms with Gasteiger partial charge in [-0.2, -0.15) is 0 Å². The van der Waals surface area contributed by atoms with Crippen LogP contribution in [0.4, 0.5) is 5.69 Å². The number of para-hydroxylation sites is 2. The van der Waals surface area contributed by atoms with E-state index in [0.29, 0.717) is 23.3 Å². The lowest BCUT2D eigenvalue weighted by Crippen LogP contribution is -2.45. The molecule has 28 heavy (non-hydrogen) atoms. The molecule has 1 aliphatic heterocycles. The number of esters is 1. The summed E-state index contributed by atoms with van der Waals surface area (Å²) < 4.78 is 10.5. The fourth-order valence-electron chi connectivity index (χ4n) is 3.85. The van der Waals surface area contributed by atoms with Crippen molar-refractivity contribution in [2.75, 3.05) is 24.7 Å². The zero-order valence-electron chi connectivity index (χ0n) is 16.5. The molecule has 0 aromatic heterocycles. The van der Waals surface area contributed by atoms with Crippen molar-refractivity contribution in [2.45, 2.75) is 45.6 Å². The van der Waals surface area contributed by atoms with Gasteiger partial charge < -0.3 is 19.7 Å². The molecule has 2 aliphatic rings. The number of carbonyl (C=O) groups is 3. The molecule has 7 nitrogen and oxygen atoms in total. The average molecular weight is 388 g/mol. The van der Waals surface area contributed by atoms with Gasteiger partial charge in [-0.05, 0) is 30.4 Å². The minimum absolute atomic E-state index is 0.0181. The highest BCUT2D eigenvalue weighted by Crippen LogP contribution is 2.31. The third kappa shape index (κ3) is 4.82. The van der Waals surface area contributed by atoms with E-state index in [1.807, 2.05) is 12.1 Å². The minimum atomic E-state index is -0.503. The van der Waals surface area contributed by atoms with Crippen LogP contribution in [0.25, 0.3) is 0 Å². The van der Waals surface area contributed by atoms with Crippen molar-refractivity contribution in [3.63, 3.8) is 0 Å². The van der Waals surface area contributed by atoms with Crippen LogP contribution in [0.2, 0.25) is 0 Å². The molecule has 1 fully saturated rings. The molecular weight excluding hydrogens is 360 g/mol. The predicted octanol–water partition coefficient (Wildman–Crippen LogP) is 2.29. The first-order valence-electron chi connectivity index (χ1n) is 9.93. The molecule has 3 rings (SSSR count). The second-order valence-corrected chi connectivity index (χ2v) is 7.65. The van der Waals surface area contributed by atoms with Gasteiger partial charge in [0, 0.05) is 12.6 Å². The zero-order chi connectivity index (χ0) is 20.1. The van der Waals surface area contributed by atoms with Gasteiger partial charge in [0.15, 0.2) is 13.2 Å². The van der Waals surface area contributed by atoms with Crippen LogP contribution in [-0.2, 0) is 19.1 Å². The number of hydrogen-bond acceptors (Lipinski definition) is 5. The fourth-order valence-corrected chi connectivity index (χ4v) is 3.85. The van der Waals surface area contributed by atoms with Gasteiger partial charge in [0.1, 0.15) is 5.75 Å². The number of nitrogens with one attached hydrogen (secondary N) is 1. The van der Waals surface area contributed by atoms with Crippen molar-refractivity contribution in [3.05, 3.63) is 24.3 Å². The Morgan fingerprint density at radius 1 is 1.25 bits per heavy atom. The van der Waals surface area contributed by atoms with E-state index < -0.39 is 5.97 Å². The molecule has 1 saturated carbocycles. The molecule has 0 radical (unpaired) electrons. The molecule has 1 aromatic carbocycles. The van der Waals surface area contributed by atoms with E-state index in [2.05, 4.69) is 19.2 Å². The summed E-state index contributed by atoms with van der Waals surface area (Å²) >= 11 is 0. The Labute approximate surface area is 165 Å². The zero-order valence-corrected chi connectivity index (χ0v) is 16.5. The topological polar surface area (TPSA) is 84.9 Å². The Bertz CT molecular complexity index is 735. The highest BCUT2D eigenvalue weighted by atomic mass is 16.5. The second kappa shape index (κ2) is 9.08. The fraction of sp³-hybridized carbons (Fsp3) is 0.571. The molecule has 152 valence electrons. The van der Waals surface area contributed by atoms with E-state index >= 15 is 0 Å². The van der Waals surface area contributed by atoms with Crippen LogP contribution < -0.4 is 15.0 Å². The Morgan fingerprint density at radius 2 is 2.04 bits per heavy atom. The molecule has 2 amide bonds. The standard InChI is InChI=1S/C21H28N2O5/c1-14-6-5-7-16(15(14)2)22-19(24)12-28-21(26)10-11-23-17-8-3-4-9-18(17)27-13-20(23)25/h3-4,8-9,14-16H,5-7,10-13H2,1-2H3,(H,22,24)/t14-,15-,16-/m1/s1. The first-order valence-corrected chi connectivity index (χ1v) is 9.93. The maximum absolute atomic E-state index is 12.1. The largest absolute Gasteiger partial charge is 0.482 e. The van der Waals surface area contributed by atoms with E-state index in [1.54, 1.807) is 12.1 Å². The third-order valence-electron chi connectivity index (χ3n) is 5.77. The van der Waals surface area contributed by atoms with E-state index in [-0.39, 0.29) is 44.0 Å². The SMILES string of the molecule is C[C@@H]1[C@H](C)CCC[C@H]1NC(=O)COC(=O)CCN1C(=O)COc2ccccc21. The normalized spacial score (nSPS) is 24.1. The third-order valence-corrected chi connectivity index (χ3v) is 5.77. The molecule has 0 spiro atoms. The van der Waals surface area contributed by atoms with Crippen molar-refractivity contribution in [2.24, 2.45) is 11.8 Å². The average Bonchev–Trinajstić information content (AvgIpc) is 2.69. The molecular formula is C21H28N2O5. The number of amides is 2. The van der Waals surface area contributed by atoms with Crippen LogP contribution >= 0.6 is 0 Å². The Hall–Kier alpha value is -2.57. The van der Waals surface area contributed by atoms with E-state index in [0.717, 1.165) is 12.8 Å². The van der Waals surface area contributed by atoms with Gasteiger partial charge in [0.2, 0.25) is 0 Å². The second-order valence-electron chi connectivity index (χ2n) is 7.65. The lowest BCUT2D eigenvalue weighted by atomic mass is 9.78. The first-order chi connectivity index (χ1) is 13.5. The van der Waals surface area contributed by atoms with E-state index in [9.17, 15) is 14.4 Å². The number of rotatable bonds is 6. The quantitative estimate of drug-likeness (QED) is 0.756. The van der Waals surface area contributed by atoms with Crippen LogP contribution in [0.1, 0.15) is 39.5 Å². The van der Waals surface area contributed by atoms with Gasteiger partial charge in [-0.1, -0.05) is 38.8 Å². The van der Waals surface area contributed by atoms with Crippen molar-refractivity contribution in [1.82, 2.24) is 5.32 Å². The molecule has 7 heteroatoms. The minimum Gasteiger partial charge on any atom is -0.482 e. The van der Waals surface area contributed by atoms with Crippen LogP contribution in [-0.4, -0.2) is 43.6 Å². The summed E-state index contributed by atoms with van der Waals surface area (Å²) in [5.41, 5.74) is 0.643. The van der Waals surface area contributed by atoms with Crippen LogP contribution in [0.3, 0.4) is 0 Å². The maximum atomic E-state index is 12.1. The van der Waals surface area contributed by atoms with E-state index in [1.165, 1.54) is 11.3 Å². The Kier molecular flexibility index (Phi) is 6.54. The van der Waals surface area contributed by atoms with Crippen molar-refractivity contribution >= 4 is 23.5 Å². The Morgan fingerprint density at radius 3 is 2.86 bits per heavy atom. The molecule has 1 aliphatic carbocycles. The summed E-state index contributed by atoms with van der Waals surface area (Å²) in [5.74, 6) is 0.635. The van der Waals surface area contributed by atoms with E-state index in [4.69, 9.17) is 9.47 Å². The molecule has 1 aromatic rings. The highest BCUT2D eigenvalue weighted by molar-refractivity contribution is 5.98. The van der Waals surface area contributed by atoms with Gasteiger partial charge in [-0.3, -0.25) is 14.4 Å². The monoisotopic (exact) mass is 388 g/mol. The summed E-state index contributed by atoms with van der Waals surface area (Å²) in [6, 6.07) is 7.33. The molecule has 3 atom stereocenters. The molecule has 1 heterocycles. The number of fused-ring (bicyclic) bond motifs is 1. The van der Waals surface area contributed by atoms with Gasteiger partial charge in [0.25, 0.3) is 11.8 Å². The number of nitrogens with zero attached hydrogens (tertiary/aromatic N) is 1.